The molecule has 1 aromatic carbocycles. The van der Waals surface area contributed by atoms with Crippen molar-refractivity contribution in [1.82, 2.24) is 24.9 Å². The van der Waals surface area contributed by atoms with Crippen molar-refractivity contribution in [3.63, 3.8) is 0 Å². The van der Waals surface area contributed by atoms with E-state index in [4.69, 9.17) is 19.7 Å². The summed E-state index contributed by atoms with van der Waals surface area (Å²) in [4.78, 5) is 33.4. The number of carbonyl (C=O) groups is 1. The summed E-state index contributed by atoms with van der Waals surface area (Å²) < 4.78 is 25.5. The van der Waals surface area contributed by atoms with E-state index in [0.717, 1.165) is 0 Å². The number of carbonyl (C=O) groups excluding carboxylic acids is 1. The lowest BCUT2D eigenvalue weighted by atomic mass is 9.91. The van der Waals surface area contributed by atoms with Gasteiger partial charge in [0.1, 0.15) is 12.4 Å². The number of benzene rings is 1. The highest BCUT2D eigenvalue weighted by molar-refractivity contribution is 5.95. The molecule has 0 aliphatic carbocycles. The Morgan fingerprint density at radius 2 is 1.97 bits per heavy atom. The Labute approximate surface area is 217 Å². The molecule has 0 spiro atoms. The Morgan fingerprint density at radius 3 is 2.68 bits per heavy atom. The quantitative estimate of drug-likeness (QED) is 0.314. The van der Waals surface area contributed by atoms with Gasteiger partial charge >= 0.3 is 0 Å². The van der Waals surface area contributed by atoms with Crippen molar-refractivity contribution in [3.05, 3.63) is 72.7 Å². The molecule has 4 heterocycles. The number of aromatic amines is 1. The van der Waals surface area contributed by atoms with Crippen LogP contribution in [0.25, 0.3) is 22.6 Å². The lowest BCUT2D eigenvalue weighted by molar-refractivity contribution is -0.229. The number of anilines is 2. The van der Waals surface area contributed by atoms with Gasteiger partial charge in [-0.25, -0.2) is 19.3 Å². The molecule has 1 fully saturated rings. The molecule has 0 radical (unpaired) electrons. The molecule has 0 unspecified atom stereocenters. The van der Waals surface area contributed by atoms with Crippen molar-refractivity contribution >= 4 is 17.5 Å². The standard InChI is InChI=1S/C26H23FN8O3/c1-26(24(36)32-18-3-2-10-29-13-18)14-37-23(38-15-26)22-34-20(16-4-6-17(27)7-5-16)21(35-22)19-8-11-30-25(33-19)31-12-9-28/h2-8,10-11,13,23H,12,14-15H2,1H3,(H,32,36)(H,34,35)(H,30,31,33). The highest BCUT2D eigenvalue weighted by Crippen LogP contribution is 2.36. The number of nitriles is 1. The highest BCUT2D eigenvalue weighted by atomic mass is 19.1. The lowest BCUT2D eigenvalue weighted by Gasteiger charge is -2.35. The minimum Gasteiger partial charge on any atom is -0.345 e. The molecule has 12 heteroatoms. The summed E-state index contributed by atoms with van der Waals surface area (Å²) in [5, 5.41) is 14.5. The zero-order valence-electron chi connectivity index (χ0n) is 20.3. The summed E-state index contributed by atoms with van der Waals surface area (Å²) in [7, 11) is 0. The van der Waals surface area contributed by atoms with Crippen LogP contribution in [0.15, 0.2) is 61.1 Å². The van der Waals surface area contributed by atoms with Gasteiger partial charge < -0.3 is 25.1 Å². The molecular weight excluding hydrogens is 491 g/mol. The fourth-order valence-corrected chi connectivity index (χ4v) is 3.82. The number of hydrogen-bond donors (Lipinski definition) is 3. The third-order valence-electron chi connectivity index (χ3n) is 5.87. The topological polar surface area (TPSA) is 151 Å². The van der Waals surface area contributed by atoms with Crippen LogP contribution >= 0.6 is 0 Å². The fraction of sp³-hybridized carbons (Fsp3) is 0.231. The minimum atomic E-state index is -0.935. The van der Waals surface area contributed by atoms with Gasteiger partial charge in [-0.3, -0.25) is 9.78 Å². The molecule has 1 aliphatic heterocycles. The maximum absolute atomic E-state index is 13.6. The van der Waals surface area contributed by atoms with Gasteiger partial charge in [0.15, 0.2) is 5.82 Å². The molecular formula is C26H23FN8O3. The van der Waals surface area contributed by atoms with E-state index in [0.29, 0.717) is 34.2 Å². The number of imidazole rings is 1. The summed E-state index contributed by atoms with van der Waals surface area (Å²) in [6.07, 6.45) is 3.86. The van der Waals surface area contributed by atoms with E-state index in [9.17, 15) is 9.18 Å². The Morgan fingerprint density at radius 1 is 1.18 bits per heavy atom. The van der Waals surface area contributed by atoms with E-state index in [2.05, 4.69) is 30.6 Å². The van der Waals surface area contributed by atoms with E-state index in [-0.39, 0.29) is 37.4 Å². The number of nitrogens with one attached hydrogen (secondary N) is 3. The molecule has 0 atom stereocenters. The molecule has 1 saturated heterocycles. The van der Waals surface area contributed by atoms with Gasteiger partial charge in [0, 0.05) is 18.0 Å². The third kappa shape index (κ3) is 5.34. The number of nitrogens with zero attached hydrogens (tertiary/aromatic N) is 5. The first kappa shape index (κ1) is 24.9. The van der Waals surface area contributed by atoms with Crippen molar-refractivity contribution in [1.29, 1.82) is 5.26 Å². The average Bonchev–Trinajstić information content (AvgIpc) is 3.39. The molecule has 5 rings (SSSR count). The molecule has 0 saturated carbocycles. The maximum Gasteiger partial charge on any atom is 0.235 e. The van der Waals surface area contributed by atoms with Crippen LogP contribution < -0.4 is 10.6 Å². The van der Waals surface area contributed by atoms with Crippen molar-refractivity contribution in [2.24, 2.45) is 5.41 Å². The van der Waals surface area contributed by atoms with E-state index >= 15 is 0 Å². The summed E-state index contributed by atoms with van der Waals surface area (Å²) >= 11 is 0. The van der Waals surface area contributed by atoms with Gasteiger partial charge in [0.25, 0.3) is 0 Å². The molecule has 1 amide bonds. The molecule has 11 nitrogen and oxygen atoms in total. The minimum absolute atomic E-state index is 0.0411. The van der Waals surface area contributed by atoms with Crippen molar-refractivity contribution in [3.8, 4) is 28.7 Å². The van der Waals surface area contributed by atoms with Crippen LogP contribution in [0.2, 0.25) is 0 Å². The number of ether oxygens (including phenoxy) is 2. The third-order valence-corrected chi connectivity index (χ3v) is 5.87. The van der Waals surface area contributed by atoms with Crippen LogP contribution in [0.3, 0.4) is 0 Å². The monoisotopic (exact) mass is 514 g/mol. The lowest BCUT2D eigenvalue weighted by Crippen LogP contribution is -2.45. The summed E-state index contributed by atoms with van der Waals surface area (Å²) in [6, 6.07) is 13.0. The van der Waals surface area contributed by atoms with Gasteiger partial charge in [-0.15, -0.1) is 0 Å². The van der Waals surface area contributed by atoms with E-state index < -0.39 is 11.7 Å². The van der Waals surface area contributed by atoms with Crippen LogP contribution in [0.1, 0.15) is 19.0 Å². The number of pyridine rings is 1. The molecule has 1 aliphatic rings. The largest absolute Gasteiger partial charge is 0.345 e. The smallest absolute Gasteiger partial charge is 0.235 e. The first-order valence-electron chi connectivity index (χ1n) is 11.7. The second-order valence-electron chi connectivity index (χ2n) is 8.84. The fourth-order valence-electron chi connectivity index (χ4n) is 3.82. The number of H-pyrrole nitrogens is 1. The molecule has 38 heavy (non-hydrogen) atoms. The predicted molar refractivity (Wildman–Crippen MR) is 135 cm³/mol. The molecule has 0 bridgehead atoms. The molecule has 3 N–H and O–H groups in total. The first-order chi connectivity index (χ1) is 18.4. The summed E-state index contributed by atoms with van der Waals surface area (Å²) in [5.74, 6) is -0.00152. The Bertz CT molecular complexity index is 1460. The SMILES string of the molecule is CC1(C(=O)Nc2cccnc2)COC(c2nc(-c3ccc(F)cc3)c(-c3ccnc(NCC#N)n3)[nH]2)OC1. The number of rotatable bonds is 7. The maximum atomic E-state index is 13.6. The summed E-state index contributed by atoms with van der Waals surface area (Å²) in [5.41, 5.74) is 1.81. The van der Waals surface area contributed by atoms with Crippen LogP contribution in [-0.4, -0.2) is 50.6 Å². The Kier molecular flexibility index (Phi) is 7.03. The van der Waals surface area contributed by atoms with Crippen LogP contribution in [0.5, 0.6) is 0 Å². The number of amides is 1. The second kappa shape index (κ2) is 10.7. The van der Waals surface area contributed by atoms with Gasteiger partial charge in [-0.1, -0.05) is 0 Å². The predicted octanol–water partition coefficient (Wildman–Crippen LogP) is 3.69. The van der Waals surface area contributed by atoms with E-state index in [1.165, 1.54) is 12.1 Å². The van der Waals surface area contributed by atoms with Gasteiger partial charge in [0.2, 0.25) is 18.1 Å². The van der Waals surface area contributed by atoms with Crippen molar-refractivity contribution in [2.45, 2.75) is 13.2 Å². The summed E-state index contributed by atoms with van der Waals surface area (Å²) in [6.45, 7) is 1.96. The van der Waals surface area contributed by atoms with Crippen LogP contribution in [0.4, 0.5) is 16.0 Å². The van der Waals surface area contributed by atoms with Crippen LogP contribution in [-0.2, 0) is 14.3 Å². The zero-order chi connectivity index (χ0) is 26.5. The Hall–Kier alpha value is -4.73. The van der Waals surface area contributed by atoms with Gasteiger partial charge in [-0.2, -0.15) is 5.26 Å². The van der Waals surface area contributed by atoms with E-state index in [1.54, 1.807) is 55.8 Å². The molecule has 3 aromatic heterocycles. The van der Waals surface area contributed by atoms with Gasteiger partial charge in [0.05, 0.1) is 53.7 Å². The normalized spacial score (nSPS) is 18.9. The Balaban J connectivity index is 1.40. The van der Waals surface area contributed by atoms with Gasteiger partial charge in [-0.05, 0) is 49.4 Å². The highest BCUT2D eigenvalue weighted by Gasteiger charge is 2.41. The molecule has 192 valence electrons. The number of hydrogen-bond acceptors (Lipinski definition) is 9. The van der Waals surface area contributed by atoms with E-state index in [1.807, 2.05) is 6.07 Å². The van der Waals surface area contributed by atoms with Crippen LogP contribution in [0, 0.1) is 22.6 Å². The first-order valence-corrected chi connectivity index (χ1v) is 11.7. The number of aromatic nitrogens is 5. The van der Waals surface area contributed by atoms with Crippen molar-refractivity contribution in [2.75, 3.05) is 30.4 Å². The number of halogens is 1. The van der Waals surface area contributed by atoms with Crippen molar-refractivity contribution < 1.29 is 18.7 Å². The zero-order valence-corrected chi connectivity index (χ0v) is 20.3. The average molecular weight is 515 g/mol. The molecule has 4 aromatic rings. The second-order valence-corrected chi connectivity index (χ2v) is 8.84.